The molecule has 0 fully saturated rings. The van der Waals surface area contributed by atoms with Crippen molar-refractivity contribution in [1.29, 1.82) is 0 Å². The number of methoxy groups -OCH3 is 1. The number of ether oxygens (including phenoxy) is 2. The van der Waals surface area contributed by atoms with Crippen molar-refractivity contribution in [3.63, 3.8) is 0 Å². The minimum absolute atomic E-state index is 0.0923. The van der Waals surface area contributed by atoms with Gasteiger partial charge in [-0.2, -0.15) is 0 Å². The minimum atomic E-state index is -0.855. The van der Waals surface area contributed by atoms with Crippen molar-refractivity contribution in [2.75, 3.05) is 13.7 Å². The maximum Gasteiger partial charge on any atom is 0.143 e. The van der Waals surface area contributed by atoms with Crippen LogP contribution < -0.4 is 9.47 Å². The van der Waals surface area contributed by atoms with Crippen LogP contribution in [0.15, 0.2) is 42.6 Å². The molecule has 1 unspecified atom stereocenters. The first-order valence-electron chi connectivity index (χ1n) is 5.76. The standard InChI is InChI=1S/C14H14ClNO3/c1-18-13-3-2-8-16-14(13)12(17)9-19-11-6-4-10(15)5-7-11/h2-8,12,17H,9H2,1H3. The molecule has 1 aromatic heterocycles. The van der Waals surface area contributed by atoms with Gasteiger partial charge < -0.3 is 14.6 Å². The molecule has 2 aromatic rings. The Morgan fingerprint density at radius 2 is 2.00 bits per heavy atom. The summed E-state index contributed by atoms with van der Waals surface area (Å²) < 4.78 is 10.6. The van der Waals surface area contributed by atoms with Gasteiger partial charge in [-0.15, -0.1) is 0 Å². The molecule has 0 saturated carbocycles. The van der Waals surface area contributed by atoms with E-state index < -0.39 is 6.10 Å². The molecule has 19 heavy (non-hydrogen) atoms. The van der Waals surface area contributed by atoms with E-state index in [1.54, 1.807) is 42.6 Å². The number of benzene rings is 1. The Morgan fingerprint density at radius 1 is 1.26 bits per heavy atom. The third kappa shape index (κ3) is 3.59. The molecule has 0 aliphatic heterocycles. The van der Waals surface area contributed by atoms with Crippen LogP contribution in [0.4, 0.5) is 0 Å². The number of rotatable bonds is 5. The van der Waals surface area contributed by atoms with Crippen LogP contribution in [0.3, 0.4) is 0 Å². The maximum absolute atomic E-state index is 10.1. The molecule has 0 aliphatic carbocycles. The summed E-state index contributed by atoms with van der Waals surface area (Å²) in [6.45, 7) is 0.0923. The van der Waals surface area contributed by atoms with Gasteiger partial charge in [0.1, 0.15) is 29.9 Å². The average Bonchev–Trinajstić information content (AvgIpc) is 2.46. The van der Waals surface area contributed by atoms with Gasteiger partial charge in [-0.05, 0) is 36.4 Å². The normalized spacial score (nSPS) is 11.9. The summed E-state index contributed by atoms with van der Waals surface area (Å²) in [5.74, 6) is 1.17. The zero-order valence-corrected chi connectivity index (χ0v) is 11.2. The zero-order chi connectivity index (χ0) is 13.7. The molecule has 0 bridgehead atoms. The predicted octanol–water partition coefficient (Wildman–Crippen LogP) is 2.86. The minimum Gasteiger partial charge on any atom is -0.495 e. The number of nitrogens with zero attached hydrogens (tertiary/aromatic N) is 1. The van der Waals surface area contributed by atoms with Gasteiger partial charge in [-0.3, -0.25) is 4.98 Å². The number of aromatic nitrogens is 1. The zero-order valence-electron chi connectivity index (χ0n) is 10.4. The van der Waals surface area contributed by atoms with Gasteiger partial charge in [-0.1, -0.05) is 11.6 Å². The van der Waals surface area contributed by atoms with Crippen LogP contribution in [0.2, 0.25) is 5.02 Å². The highest BCUT2D eigenvalue weighted by Gasteiger charge is 2.15. The molecule has 2 rings (SSSR count). The van der Waals surface area contributed by atoms with Crippen LogP contribution in [-0.2, 0) is 0 Å². The predicted molar refractivity (Wildman–Crippen MR) is 72.7 cm³/mol. The van der Waals surface area contributed by atoms with E-state index in [0.29, 0.717) is 22.2 Å². The van der Waals surface area contributed by atoms with Gasteiger partial charge >= 0.3 is 0 Å². The lowest BCUT2D eigenvalue weighted by Gasteiger charge is -2.14. The van der Waals surface area contributed by atoms with Crippen LogP contribution in [0.5, 0.6) is 11.5 Å². The van der Waals surface area contributed by atoms with E-state index in [0.717, 1.165) is 0 Å². The number of hydrogen-bond acceptors (Lipinski definition) is 4. The molecule has 0 spiro atoms. The third-order valence-electron chi connectivity index (χ3n) is 2.56. The Balaban J connectivity index is 2.01. The second kappa shape index (κ2) is 6.41. The van der Waals surface area contributed by atoms with Crippen LogP contribution in [-0.4, -0.2) is 23.8 Å². The van der Waals surface area contributed by atoms with Gasteiger partial charge in [0.05, 0.1) is 7.11 Å². The largest absolute Gasteiger partial charge is 0.495 e. The highest BCUT2D eigenvalue weighted by molar-refractivity contribution is 6.30. The fraction of sp³-hybridized carbons (Fsp3) is 0.214. The van der Waals surface area contributed by atoms with Gasteiger partial charge in [0.25, 0.3) is 0 Å². The number of hydrogen-bond donors (Lipinski definition) is 1. The van der Waals surface area contributed by atoms with Crippen molar-refractivity contribution in [3.05, 3.63) is 53.3 Å². The third-order valence-corrected chi connectivity index (χ3v) is 2.81. The van der Waals surface area contributed by atoms with Crippen LogP contribution in [0.25, 0.3) is 0 Å². The summed E-state index contributed by atoms with van der Waals surface area (Å²) in [7, 11) is 1.54. The molecule has 0 radical (unpaired) electrons. The Morgan fingerprint density at radius 3 is 2.68 bits per heavy atom. The summed E-state index contributed by atoms with van der Waals surface area (Å²) >= 11 is 5.78. The average molecular weight is 280 g/mol. The molecule has 1 aromatic carbocycles. The maximum atomic E-state index is 10.1. The molecule has 1 N–H and O–H groups in total. The summed E-state index contributed by atoms with van der Waals surface area (Å²) in [5.41, 5.74) is 0.457. The van der Waals surface area contributed by atoms with E-state index >= 15 is 0 Å². The van der Waals surface area contributed by atoms with Gasteiger partial charge in [0.15, 0.2) is 0 Å². The Hall–Kier alpha value is -1.78. The second-order valence-corrected chi connectivity index (χ2v) is 4.31. The van der Waals surface area contributed by atoms with Gasteiger partial charge in [0.2, 0.25) is 0 Å². The lowest BCUT2D eigenvalue weighted by Crippen LogP contribution is -2.12. The topological polar surface area (TPSA) is 51.6 Å². The molecule has 0 amide bonds. The van der Waals surface area contributed by atoms with Gasteiger partial charge in [-0.25, -0.2) is 0 Å². The summed E-state index contributed by atoms with van der Waals surface area (Å²) in [6, 6.07) is 10.4. The Kier molecular flexibility index (Phi) is 4.60. The van der Waals surface area contributed by atoms with Crippen LogP contribution in [0.1, 0.15) is 11.8 Å². The van der Waals surface area contributed by atoms with Crippen molar-refractivity contribution in [1.82, 2.24) is 4.98 Å². The Labute approximate surface area is 116 Å². The number of aliphatic hydroxyl groups is 1. The second-order valence-electron chi connectivity index (χ2n) is 3.87. The van der Waals surface area contributed by atoms with E-state index in [9.17, 15) is 5.11 Å². The van der Waals surface area contributed by atoms with E-state index in [2.05, 4.69) is 4.98 Å². The Bertz CT molecular complexity index is 530. The molecule has 0 aliphatic rings. The monoisotopic (exact) mass is 279 g/mol. The number of aliphatic hydroxyl groups excluding tert-OH is 1. The van der Waals surface area contributed by atoms with Crippen LogP contribution >= 0.6 is 11.6 Å². The molecular formula is C14H14ClNO3. The quantitative estimate of drug-likeness (QED) is 0.914. The number of pyridine rings is 1. The van der Waals surface area contributed by atoms with E-state index in [4.69, 9.17) is 21.1 Å². The van der Waals surface area contributed by atoms with Crippen molar-refractivity contribution >= 4 is 11.6 Å². The van der Waals surface area contributed by atoms with Crippen LogP contribution in [0, 0.1) is 0 Å². The van der Waals surface area contributed by atoms with Crippen molar-refractivity contribution in [3.8, 4) is 11.5 Å². The fourth-order valence-electron chi connectivity index (χ4n) is 1.61. The summed E-state index contributed by atoms with van der Waals surface area (Å²) in [4.78, 5) is 4.10. The van der Waals surface area contributed by atoms with E-state index in [1.807, 2.05) is 0 Å². The first kappa shape index (κ1) is 13.6. The summed E-state index contributed by atoms with van der Waals surface area (Å²) in [6.07, 6.45) is 0.746. The van der Waals surface area contributed by atoms with Crippen molar-refractivity contribution < 1.29 is 14.6 Å². The molecule has 1 atom stereocenters. The molecular weight excluding hydrogens is 266 g/mol. The SMILES string of the molecule is COc1cccnc1C(O)COc1ccc(Cl)cc1. The fourth-order valence-corrected chi connectivity index (χ4v) is 1.74. The molecule has 1 heterocycles. The highest BCUT2D eigenvalue weighted by Crippen LogP contribution is 2.23. The summed E-state index contributed by atoms with van der Waals surface area (Å²) in [5, 5.41) is 10.7. The first-order chi connectivity index (χ1) is 9.20. The smallest absolute Gasteiger partial charge is 0.143 e. The molecule has 5 heteroatoms. The molecule has 0 saturated heterocycles. The van der Waals surface area contributed by atoms with Gasteiger partial charge in [0, 0.05) is 11.2 Å². The first-order valence-corrected chi connectivity index (χ1v) is 6.14. The van der Waals surface area contributed by atoms with E-state index in [-0.39, 0.29) is 6.61 Å². The molecule has 100 valence electrons. The van der Waals surface area contributed by atoms with E-state index in [1.165, 1.54) is 7.11 Å². The van der Waals surface area contributed by atoms with Crippen molar-refractivity contribution in [2.24, 2.45) is 0 Å². The highest BCUT2D eigenvalue weighted by atomic mass is 35.5. The lowest BCUT2D eigenvalue weighted by molar-refractivity contribution is 0.102. The lowest BCUT2D eigenvalue weighted by atomic mass is 10.2. The number of halogens is 1. The molecule has 4 nitrogen and oxygen atoms in total. The van der Waals surface area contributed by atoms with Crippen molar-refractivity contribution in [2.45, 2.75) is 6.10 Å².